The van der Waals surface area contributed by atoms with Crippen molar-refractivity contribution in [3.63, 3.8) is 0 Å². The summed E-state index contributed by atoms with van der Waals surface area (Å²) in [6.07, 6.45) is -4.47. The van der Waals surface area contributed by atoms with Gasteiger partial charge in [0.05, 0.1) is 18.7 Å². The van der Waals surface area contributed by atoms with E-state index in [2.05, 4.69) is 10.6 Å². The third kappa shape index (κ3) is 6.55. The van der Waals surface area contributed by atoms with Crippen molar-refractivity contribution in [1.82, 2.24) is 10.6 Å². The summed E-state index contributed by atoms with van der Waals surface area (Å²) in [6.45, 7) is 1.54. The lowest BCUT2D eigenvalue weighted by Crippen LogP contribution is -2.42. The predicted molar refractivity (Wildman–Crippen MR) is 78.1 cm³/mol. The van der Waals surface area contributed by atoms with Crippen molar-refractivity contribution in [2.24, 2.45) is 0 Å². The standard InChI is InChI=1S/C14H18F3N3O3/c1-9-3-4-10(7-11(9)14(15,16)17)19-8-12(21)20-13(22)18-5-6-23-2/h3-4,7,19H,5-6,8H2,1-2H3,(H2,18,20,21,22). The molecule has 3 N–H and O–H groups in total. The van der Waals surface area contributed by atoms with Crippen LogP contribution in [0.1, 0.15) is 11.1 Å². The number of nitrogens with one attached hydrogen (secondary N) is 3. The monoisotopic (exact) mass is 333 g/mol. The van der Waals surface area contributed by atoms with Crippen molar-refractivity contribution >= 4 is 17.6 Å². The molecule has 0 saturated heterocycles. The Labute approximate surface area is 131 Å². The molecule has 0 aromatic heterocycles. The fraction of sp³-hybridized carbons (Fsp3) is 0.429. The zero-order valence-corrected chi connectivity index (χ0v) is 12.7. The molecule has 1 aromatic rings. The number of methoxy groups -OCH3 is 1. The lowest BCUT2D eigenvalue weighted by atomic mass is 10.1. The maximum absolute atomic E-state index is 12.8. The molecule has 0 aliphatic rings. The quantitative estimate of drug-likeness (QED) is 0.695. The molecule has 0 unspecified atom stereocenters. The van der Waals surface area contributed by atoms with Gasteiger partial charge in [-0.25, -0.2) is 4.79 Å². The number of anilines is 1. The van der Waals surface area contributed by atoms with Crippen LogP contribution >= 0.6 is 0 Å². The zero-order chi connectivity index (χ0) is 17.5. The van der Waals surface area contributed by atoms with Gasteiger partial charge in [0.1, 0.15) is 0 Å². The highest BCUT2D eigenvalue weighted by Gasteiger charge is 2.32. The van der Waals surface area contributed by atoms with Gasteiger partial charge in [0.2, 0.25) is 5.91 Å². The fourth-order valence-electron chi connectivity index (χ4n) is 1.70. The van der Waals surface area contributed by atoms with Crippen LogP contribution in [0, 0.1) is 6.92 Å². The Morgan fingerprint density at radius 3 is 2.57 bits per heavy atom. The first-order valence-corrected chi connectivity index (χ1v) is 6.72. The first-order chi connectivity index (χ1) is 10.7. The van der Waals surface area contributed by atoms with E-state index in [1.807, 2.05) is 5.32 Å². The van der Waals surface area contributed by atoms with Crippen molar-refractivity contribution < 1.29 is 27.5 Å². The molecule has 6 nitrogen and oxygen atoms in total. The minimum Gasteiger partial charge on any atom is -0.383 e. The second-order valence-corrected chi connectivity index (χ2v) is 4.68. The van der Waals surface area contributed by atoms with Gasteiger partial charge in [-0.3, -0.25) is 10.1 Å². The molecule has 0 heterocycles. The number of ether oxygens (including phenoxy) is 1. The minimum atomic E-state index is -4.47. The van der Waals surface area contributed by atoms with Crippen LogP contribution in [0.3, 0.4) is 0 Å². The average Bonchev–Trinajstić information content (AvgIpc) is 2.45. The number of alkyl halides is 3. The van der Waals surface area contributed by atoms with E-state index in [-0.39, 0.29) is 24.3 Å². The van der Waals surface area contributed by atoms with Gasteiger partial charge >= 0.3 is 12.2 Å². The molecule has 0 spiro atoms. The number of benzene rings is 1. The van der Waals surface area contributed by atoms with Crippen LogP contribution in [0.25, 0.3) is 0 Å². The summed E-state index contributed by atoms with van der Waals surface area (Å²) in [5, 5.41) is 6.95. The highest BCUT2D eigenvalue weighted by Crippen LogP contribution is 2.33. The van der Waals surface area contributed by atoms with E-state index in [0.717, 1.165) is 6.07 Å². The molecular formula is C14H18F3N3O3. The largest absolute Gasteiger partial charge is 0.416 e. The molecule has 9 heteroatoms. The third-order valence-corrected chi connectivity index (χ3v) is 2.84. The Hall–Kier alpha value is -2.29. The van der Waals surface area contributed by atoms with E-state index in [1.54, 1.807) is 0 Å². The number of hydrogen-bond acceptors (Lipinski definition) is 4. The van der Waals surface area contributed by atoms with Gasteiger partial charge in [0.15, 0.2) is 0 Å². The Kier molecular flexibility index (Phi) is 6.83. The molecular weight excluding hydrogens is 315 g/mol. The van der Waals surface area contributed by atoms with Gasteiger partial charge in [-0.2, -0.15) is 13.2 Å². The third-order valence-electron chi connectivity index (χ3n) is 2.84. The van der Waals surface area contributed by atoms with Gasteiger partial charge in [-0.1, -0.05) is 6.07 Å². The second kappa shape index (κ2) is 8.37. The highest BCUT2D eigenvalue weighted by molar-refractivity contribution is 5.96. The van der Waals surface area contributed by atoms with E-state index >= 15 is 0 Å². The van der Waals surface area contributed by atoms with Crippen LogP contribution in [0.15, 0.2) is 18.2 Å². The molecule has 0 fully saturated rings. The van der Waals surface area contributed by atoms with E-state index in [0.29, 0.717) is 6.61 Å². The number of imide groups is 1. The summed E-state index contributed by atoms with van der Waals surface area (Å²) in [5.41, 5.74) is -0.553. The summed E-state index contributed by atoms with van der Waals surface area (Å²) in [4.78, 5) is 22.8. The molecule has 0 saturated carbocycles. The predicted octanol–water partition coefficient (Wildman–Crippen LogP) is 1.90. The smallest absolute Gasteiger partial charge is 0.383 e. The lowest BCUT2D eigenvalue weighted by Gasteiger charge is -2.13. The molecule has 1 aromatic carbocycles. The molecule has 0 radical (unpaired) electrons. The van der Waals surface area contributed by atoms with Gasteiger partial charge in [0.25, 0.3) is 0 Å². The second-order valence-electron chi connectivity index (χ2n) is 4.68. The highest BCUT2D eigenvalue weighted by atomic mass is 19.4. The van der Waals surface area contributed by atoms with Gasteiger partial charge in [-0.15, -0.1) is 0 Å². The molecule has 0 aliphatic heterocycles. The first kappa shape index (κ1) is 18.8. The van der Waals surface area contributed by atoms with E-state index in [9.17, 15) is 22.8 Å². The Bertz CT molecular complexity index is 562. The molecule has 0 bridgehead atoms. The van der Waals surface area contributed by atoms with Crippen molar-refractivity contribution in [2.45, 2.75) is 13.1 Å². The SMILES string of the molecule is COCCNC(=O)NC(=O)CNc1ccc(C)c(C(F)(F)F)c1. The molecule has 0 atom stereocenters. The average molecular weight is 333 g/mol. The van der Waals surface area contributed by atoms with Crippen LogP contribution in [-0.4, -0.2) is 38.7 Å². The summed E-state index contributed by atoms with van der Waals surface area (Å²) in [7, 11) is 1.46. The number of urea groups is 1. The van der Waals surface area contributed by atoms with E-state index < -0.39 is 23.7 Å². The maximum atomic E-state index is 12.8. The molecule has 3 amide bonds. The molecule has 23 heavy (non-hydrogen) atoms. The van der Waals surface area contributed by atoms with Crippen LogP contribution in [-0.2, 0) is 15.7 Å². The summed E-state index contributed by atoms with van der Waals surface area (Å²) in [5.74, 6) is -0.672. The maximum Gasteiger partial charge on any atom is 0.416 e. The Balaban J connectivity index is 2.52. The van der Waals surface area contributed by atoms with Crippen molar-refractivity contribution in [3.8, 4) is 0 Å². The van der Waals surface area contributed by atoms with Crippen molar-refractivity contribution in [3.05, 3.63) is 29.3 Å². The zero-order valence-electron chi connectivity index (χ0n) is 12.7. The number of amides is 3. The van der Waals surface area contributed by atoms with Gasteiger partial charge in [-0.05, 0) is 24.6 Å². The van der Waals surface area contributed by atoms with Crippen LogP contribution in [0.4, 0.5) is 23.7 Å². The summed E-state index contributed by atoms with van der Waals surface area (Å²) < 4.78 is 43.1. The number of carbonyl (C=O) groups excluding carboxylic acids is 2. The molecule has 1 rings (SSSR count). The normalized spacial score (nSPS) is 11.0. The van der Waals surface area contributed by atoms with Crippen molar-refractivity contribution in [2.75, 3.05) is 32.1 Å². The number of carbonyl (C=O) groups is 2. The minimum absolute atomic E-state index is 0.0880. The van der Waals surface area contributed by atoms with E-state index in [1.165, 1.54) is 26.2 Å². The summed E-state index contributed by atoms with van der Waals surface area (Å²) >= 11 is 0. The van der Waals surface area contributed by atoms with Crippen LogP contribution < -0.4 is 16.0 Å². The summed E-state index contributed by atoms with van der Waals surface area (Å²) in [6, 6.07) is 2.95. The van der Waals surface area contributed by atoms with E-state index in [4.69, 9.17) is 4.74 Å². The van der Waals surface area contributed by atoms with Crippen LogP contribution in [0.2, 0.25) is 0 Å². The number of halogens is 3. The number of aryl methyl sites for hydroxylation is 1. The Morgan fingerprint density at radius 1 is 1.26 bits per heavy atom. The molecule has 128 valence electrons. The number of rotatable bonds is 6. The van der Waals surface area contributed by atoms with Gasteiger partial charge in [0, 0.05) is 19.3 Å². The topological polar surface area (TPSA) is 79.5 Å². The van der Waals surface area contributed by atoms with Gasteiger partial charge < -0.3 is 15.4 Å². The Morgan fingerprint density at radius 2 is 1.96 bits per heavy atom. The van der Waals surface area contributed by atoms with Crippen LogP contribution in [0.5, 0.6) is 0 Å². The molecule has 0 aliphatic carbocycles. The first-order valence-electron chi connectivity index (χ1n) is 6.72. The van der Waals surface area contributed by atoms with Crippen molar-refractivity contribution in [1.29, 1.82) is 0 Å². The number of hydrogen-bond donors (Lipinski definition) is 3. The fourth-order valence-corrected chi connectivity index (χ4v) is 1.70. The lowest BCUT2D eigenvalue weighted by molar-refractivity contribution is -0.138.